The lowest BCUT2D eigenvalue weighted by molar-refractivity contribution is 0.588. The van der Waals surface area contributed by atoms with Gasteiger partial charge in [-0.15, -0.1) is 0 Å². The molecule has 0 fully saturated rings. The van der Waals surface area contributed by atoms with E-state index in [1.165, 1.54) is 13.1 Å². The van der Waals surface area contributed by atoms with Crippen LogP contribution in [0.3, 0.4) is 0 Å². The average molecular weight is 446 g/mol. The molecular weight excluding hydrogens is 431 g/mol. The molecule has 0 amide bonds. The first kappa shape index (κ1) is 20.0. The second-order valence-corrected chi connectivity index (χ2v) is 8.80. The third-order valence-electron chi connectivity index (χ3n) is 3.81. The van der Waals surface area contributed by atoms with Gasteiger partial charge in [0, 0.05) is 30.2 Å². The number of nitrogens with one attached hydrogen (secondary N) is 2. The standard InChI is InChI=1S/C17H15Cl3N4O2S/c1-21-27(25,26)11-3-4-15(12(7-11)16-8-24(2)9-22-16)23-10-5-13(18)17(20)14(19)6-10/h3-9,21,23H,1-2H3. The van der Waals surface area contributed by atoms with Gasteiger partial charge in [0.05, 0.1) is 32.0 Å². The van der Waals surface area contributed by atoms with Crippen molar-refractivity contribution in [2.75, 3.05) is 12.4 Å². The van der Waals surface area contributed by atoms with Crippen molar-refractivity contribution in [1.82, 2.24) is 14.3 Å². The van der Waals surface area contributed by atoms with E-state index >= 15 is 0 Å². The van der Waals surface area contributed by atoms with E-state index < -0.39 is 10.0 Å². The Morgan fingerprint density at radius 2 is 1.74 bits per heavy atom. The van der Waals surface area contributed by atoms with E-state index in [-0.39, 0.29) is 9.92 Å². The van der Waals surface area contributed by atoms with Crippen molar-refractivity contribution < 1.29 is 8.42 Å². The van der Waals surface area contributed by atoms with Gasteiger partial charge in [-0.25, -0.2) is 18.1 Å². The van der Waals surface area contributed by atoms with Crippen molar-refractivity contribution in [2.24, 2.45) is 7.05 Å². The summed E-state index contributed by atoms with van der Waals surface area (Å²) in [6, 6.07) is 7.98. The molecule has 6 nitrogen and oxygen atoms in total. The largest absolute Gasteiger partial charge is 0.355 e. The summed E-state index contributed by atoms with van der Waals surface area (Å²) in [5.41, 5.74) is 2.46. The number of hydrogen-bond acceptors (Lipinski definition) is 4. The van der Waals surface area contributed by atoms with E-state index in [9.17, 15) is 8.42 Å². The molecule has 0 atom stereocenters. The lowest BCUT2D eigenvalue weighted by Crippen LogP contribution is -2.18. The Morgan fingerprint density at radius 3 is 2.30 bits per heavy atom. The first-order valence-corrected chi connectivity index (χ1v) is 10.3. The van der Waals surface area contributed by atoms with Gasteiger partial charge >= 0.3 is 0 Å². The predicted octanol–water partition coefficient (Wildman–Crippen LogP) is 4.70. The first-order chi connectivity index (χ1) is 12.7. The van der Waals surface area contributed by atoms with Gasteiger partial charge < -0.3 is 9.88 Å². The summed E-state index contributed by atoms with van der Waals surface area (Å²) >= 11 is 18.2. The summed E-state index contributed by atoms with van der Waals surface area (Å²) in [7, 11) is -0.412. The van der Waals surface area contributed by atoms with Crippen LogP contribution in [0.25, 0.3) is 11.3 Å². The summed E-state index contributed by atoms with van der Waals surface area (Å²) in [4.78, 5) is 4.45. The number of rotatable bonds is 5. The molecule has 2 N–H and O–H groups in total. The summed E-state index contributed by atoms with van der Waals surface area (Å²) in [6.45, 7) is 0. The molecule has 0 spiro atoms. The molecule has 3 aromatic rings. The lowest BCUT2D eigenvalue weighted by atomic mass is 10.1. The van der Waals surface area contributed by atoms with Gasteiger partial charge in [-0.2, -0.15) is 0 Å². The number of aryl methyl sites for hydroxylation is 1. The van der Waals surface area contributed by atoms with E-state index in [1.807, 2.05) is 7.05 Å². The zero-order valence-electron chi connectivity index (χ0n) is 14.3. The van der Waals surface area contributed by atoms with Crippen molar-refractivity contribution in [1.29, 1.82) is 0 Å². The highest BCUT2D eigenvalue weighted by atomic mass is 35.5. The highest BCUT2D eigenvalue weighted by Crippen LogP contribution is 2.36. The van der Waals surface area contributed by atoms with Crippen LogP contribution in [0.4, 0.5) is 11.4 Å². The van der Waals surface area contributed by atoms with Crippen LogP contribution in [0.15, 0.2) is 47.8 Å². The number of anilines is 2. The highest BCUT2D eigenvalue weighted by molar-refractivity contribution is 7.89. The molecule has 27 heavy (non-hydrogen) atoms. The van der Waals surface area contributed by atoms with E-state index in [0.717, 1.165) is 0 Å². The zero-order valence-corrected chi connectivity index (χ0v) is 17.4. The molecule has 142 valence electrons. The Hall–Kier alpha value is -1.77. The monoisotopic (exact) mass is 444 g/mol. The number of halogens is 3. The van der Waals surface area contributed by atoms with Crippen molar-refractivity contribution >= 4 is 56.2 Å². The van der Waals surface area contributed by atoms with Gasteiger partial charge in [0.1, 0.15) is 0 Å². The van der Waals surface area contributed by atoms with Gasteiger partial charge in [-0.1, -0.05) is 34.8 Å². The second kappa shape index (κ2) is 7.69. The second-order valence-electron chi connectivity index (χ2n) is 5.72. The minimum Gasteiger partial charge on any atom is -0.355 e. The molecule has 0 unspecified atom stereocenters. The third kappa shape index (κ3) is 4.23. The highest BCUT2D eigenvalue weighted by Gasteiger charge is 2.17. The molecule has 2 aromatic carbocycles. The van der Waals surface area contributed by atoms with Crippen molar-refractivity contribution in [3.8, 4) is 11.3 Å². The Kier molecular flexibility index (Phi) is 5.69. The molecule has 0 aliphatic rings. The van der Waals surface area contributed by atoms with Gasteiger partial charge in [-0.05, 0) is 37.4 Å². The van der Waals surface area contributed by atoms with Crippen molar-refractivity contribution in [3.63, 3.8) is 0 Å². The molecule has 0 saturated carbocycles. The normalized spacial score (nSPS) is 11.6. The van der Waals surface area contributed by atoms with Crippen LogP contribution >= 0.6 is 34.8 Å². The maximum absolute atomic E-state index is 12.2. The topological polar surface area (TPSA) is 76.0 Å². The average Bonchev–Trinajstić information content (AvgIpc) is 3.06. The zero-order chi connectivity index (χ0) is 19.8. The van der Waals surface area contributed by atoms with E-state index in [4.69, 9.17) is 34.8 Å². The number of benzene rings is 2. The van der Waals surface area contributed by atoms with Crippen LogP contribution in [0, 0.1) is 0 Å². The van der Waals surface area contributed by atoms with Gasteiger partial charge in [0.15, 0.2) is 0 Å². The minimum absolute atomic E-state index is 0.128. The Bertz CT molecular complexity index is 1090. The number of sulfonamides is 1. The molecule has 0 radical (unpaired) electrons. The molecule has 0 saturated heterocycles. The van der Waals surface area contributed by atoms with Crippen molar-refractivity contribution in [3.05, 3.63) is 57.9 Å². The quantitative estimate of drug-likeness (QED) is 0.558. The van der Waals surface area contributed by atoms with E-state index in [0.29, 0.717) is 32.7 Å². The number of aromatic nitrogens is 2. The molecule has 0 aliphatic heterocycles. The number of hydrogen-bond donors (Lipinski definition) is 2. The SMILES string of the molecule is CNS(=O)(=O)c1ccc(Nc2cc(Cl)c(Cl)c(Cl)c2)c(-c2cn(C)cn2)c1. The smallest absolute Gasteiger partial charge is 0.240 e. The van der Waals surface area contributed by atoms with Crippen molar-refractivity contribution in [2.45, 2.75) is 4.90 Å². The Morgan fingerprint density at radius 1 is 1.07 bits per heavy atom. The fourth-order valence-corrected chi connectivity index (χ4v) is 3.82. The number of imidazole rings is 1. The van der Waals surface area contributed by atoms with E-state index in [2.05, 4.69) is 15.0 Å². The summed E-state index contributed by atoms with van der Waals surface area (Å²) in [6.07, 6.45) is 3.42. The fourth-order valence-electron chi connectivity index (χ4n) is 2.46. The Balaban J connectivity index is 2.12. The first-order valence-electron chi connectivity index (χ1n) is 7.69. The van der Waals surface area contributed by atoms with Crippen LogP contribution in [0.1, 0.15) is 0 Å². The molecule has 1 heterocycles. The van der Waals surface area contributed by atoms with E-state index in [1.54, 1.807) is 41.4 Å². The van der Waals surface area contributed by atoms with Crippen LogP contribution < -0.4 is 10.0 Å². The van der Waals surface area contributed by atoms with Crippen LogP contribution in [0.2, 0.25) is 15.1 Å². The maximum Gasteiger partial charge on any atom is 0.240 e. The molecule has 0 aliphatic carbocycles. The Labute approximate surface area is 172 Å². The molecular formula is C17H15Cl3N4O2S. The number of nitrogens with zero attached hydrogens (tertiary/aromatic N) is 2. The van der Waals surface area contributed by atoms with Gasteiger partial charge in [-0.3, -0.25) is 0 Å². The maximum atomic E-state index is 12.2. The van der Waals surface area contributed by atoms with Crippen LogP contribution in [-0.4, -0.2) is 25.0 Å². The van der Waals surface area contributed by atoms with Crippen LogP contribution in [0.5, 0.6) is 0 Å². The van der Waals surface area contributed by atoms with Gasteiger partial charge in [0.2, 0.25) is 10.0 Å². The molecule has 1 aromatic heterocycles. The minimum atomic E-state index is -3.60. The molecule has 10 heteroatoms. The predicted molar refractivity (Wildman–Crippen MR) is 110 cm³/mol. The summed E-state index contributed by atoms with van der Waals surface area (Å²) in [5, 5.41) is 4.07. The van der Waals surface area contributed by atoms with Gasteiger partial charge in [0.25, 0.3) is 0 Å². The molecule has 0 bridgehead atoms. The summed E-state index contributed by atoms with van der Waals surface area (Å²) in [5.74, 6) is 0. The third-order valence-corrected chi connectivity index (χ3v) is 6.42. The summed E-state index contributed by atoms with van der Waals surface area (Å²) < 4.78 is 28.4. The molecule has 3 rings (SSSR count). The fraction of sp³-hybridized carbons (Fsp3) is 0.118. The van der Waals surface area contributed by atoms with Crippen LogP contribution in [-0.2, 0) is 17.1 Å². The lowest BCUT2D eigenvalue weighted by Gasteiger charge is -2.14.